The van der Waals surface area contributed by atoms with Gasteiger partial charge in [0.15, 0.2) is 0 Å². The molecule has 0 unspecified atom stereocenters. The van der Waals surface area contributed by atoms with Gasteiger partial charge in [0, 0.05) is 65.2 Å². The van der Waals surface area contributed by atoms with Crippen LogP contribution in [0.1, 0.15) is 0 Å². The highest BCUT2D eigenvalue weighted by molar-refractivity contribution is 6.26. The maximum absolute atomic E-state index is 5.99. The van der Waals surface area contributed by atoms with Crippen molar-refractivity contribution in [1.82, 2.24) is 28.2 Å². The molecule has 0 saturated carbocycles. The molecular formula is C68H40N6. The van der Waals surface area contributed by atoms with E-state index in [1.807, 2.05) is 0 Å². The van der Waals surface area contributed by atoms with E-state index in [2.05, 4.69) is 261 Å². The lowest BCUT2D eigenvalue weighted by Crippen LogP contribution is -2.04. The highest BCUT2D eigenvalue weighted by atomic mass is 15.0. The van der Waals surface area contributed by atoms with Crippen LogP contribution >= 0.6 is 0 Å². The Balaban J connectivity index is 1.05. The monoisotopic (exact) mass is 940 g/mol. The lowest BCUT2D eigenvalue weighted by Gasteiger charge is -2.18. The van der Waals surface area contributed by atoms with Crippen LogP contribution in [0.25, 0.3) is 154 Å². The number of nitrogens with zero attached hydrogens (tertiary/aromatic N) is 6. The third-order valence-electron chi connectivity index (χ3n) is 15.9. The van der Waals surface area contributed by atoms with Crippen LogP contribution in [0.4, 0.5) is 0 Å². The van der Waals surface area contributed by atoms with Crippen molar-refractivity contribution in [1.29, 1.82) is 0 Å². The first-order valence-electron chi connectivity index (χ1n) is 25.3. The summed E-state index contributed by atoms with van der Waals surface area (Å²) in [6, 6.07) is 88.3. The van der Waals surface area contributed by atoms with E-state index in [-0.39, 0.29) is 0 Å². The minimum absolute atomic E-state index is 0.831. The van der Waals surface area contributed by atoms with Gasteiger partial charge in [0.25, 0.3) is 0 Å². The topological polar surface area (TPSA) is 45.5 Å². The Morgan fingerprint density at radius 3 is 0.703 bits per heavy atom. The summed E-state index contributed by atoms with van der Waals surface area (Å²) in [4.78, 5) is 12.0. The average Bonchev–Trinajstić information content (AvgIpc) is 4.20. The number of rotatable bonds is 4. The second-order valence-corrected chi connectivity index (χ2v) is 19.7. The zero-order valence-corrected chi connectivity index (χ0v) is 39.8. The van der Waals surface area contributed by atoms with Gasteiger partial charge in [0.05, 0.1) is 66.5 Å². The van der Waals surface area contributed by atoms with Crippen LogP contribution in [-0.4, -0.2) is 28.2 Å². The fourth-order valence-electron chi connectivity index (χ4n) is 12.8. The maximum Gasteiger partial charge on any atom is 0.116 e. The molecule has 0 atom stereocenters. The van der Waals surface area contributed by atoms with Gasteiger partial charge in [-0.15, -0.1) is 0 Å². The average molecular weight is 941 g/mol. The SMILES string of the molecule is c1ccc2c(c1)c1ccccc1n2-c1ccc2c(c1)c1cc(-n3c4ccccc4c4ccccc43)ccc1c1nc3c(-n4c5ccccc5c5ccccc54)ccc(-n4c5ccccc5c5ccccc54)c3nc21. The first-order valence-corrected chi connectivity index (χ1v) is 25.3. The Labute approximate surface area is 422 Å². The van der Waals surface area contributed by atoms with Crippen molar-refractivity contribution < 1.29 is 0 Å². The fourth-order valence-corrected chi connectivity index (χ4v) is 12.8. The van der Waals surface area contributed by atoms with Crippen molar-refractivity contribution in [2.45, 2.75) is 0 Å². The number of hydrogen-bond donors (Lipinski definition) is 0. The molecular weight excluding hydrogens is 901 g/mol. The fraction of sp³-hybridized carbons (Fsp3) is 0. The zero-order valence-electron chi connectivity index (χ0n) is 39.8. The minimum Gasteiger partial charge on any atom is -0.309 e. The van der Waals surface area contributed by atoms with E-state index in [1.54, 1.807) is 0 Å². The van der Waals surface area contributed by atoms with Crippen molar-refractivity contribution in [2.24, 2.45) is 0 Å². The molecule has 17 rings (SSSR count). The molecule has 17 aromatic rings. The molecule has 5 aromatic heterocycles. The highest BCUT2D eigenvalue weighted by Gasteiger charge is 2.24. The largest absolute Gasteiger partial charge is 0.309 e. The Kier molecular flexibility index (Phi) is 7.91. The van der Waals surface area contributed by atoms with Gasteiger partial charge in [-0.2, -0.15) is 0 Å². The van der Waals surface area contributed by atoms with Crippen LogP contribution in [0.2, 0.25) is 0 Å². The number of para-hydroxylation sites is 8. The van der Waals surface area contributed by atoms with Crippen molar-refractivity contribution in [3.05, 3.63) is 243 Å². The van der Waals surface area contributed by atoms with Gasteiger partial charge in [-0.1, -0.05) is 158 Å². The molecule has 0 amide bonds. The Bertz CT molecular complexity index is 4730. The molecule has 0 aliphatic carbocycles. The molecule has 342 valence electrons. The first kappa shape index (κ1) is 39.7. The van der Waals surface area contributed by atoms with Gasteiger partial charge in [0.1, 0.15) is 11.0 Å². The lowest BCUT2D eigenvalue weighted by molar-refractivity contribution is 1.15. The number of fused-ring (bicyclic) bond motifs is 19. The van der Waals surface area contributed by atoms with Crippen LogP contribution in [0.5, 0.6) is 0 Å². The third kappa shape index (κ3) is 5.27. The molecule has 6 nitrogen and oxygen atoms in total. The van der Waals surface area contributed by atoms with E-state index in [0.717, 1.165) is 88.4 Å². The Morgan fingerprint density at radius 1 is 0.189 bits per heavy atom. The molecule has 0 spiro atoms. The molecule has 0 bridgehead atoms. The summed E-state index contributed by atoms with van der Waals surface area (Å²) in [6.45, 7) is 0. The second-order valence-electron chi connectivity index (χ2n) is 19.7. The zero-order chi connectivity index (χ0) is 48.2. The molecule has 6 heteroatoms. The predicted octanol–water partition coefficient (Wildman–Crippen LogP) is 17.5. The van der Waals surface area contributed by atoms with Gasteiger partial charge in [-0.3, -0.25) is 0 Å². The van der Waals surface area contributed by atoms with E-state index in [9.17, 15) is 0 Å². The minimum atomic E-state index is 0.831. The number of benzene rings is 12. The molecule has 74 heavy (non-hydrogen) atoms. The van der Waals surface area contributed by atoms with Crippen molar-refractivity contribution >= 4 is 131 Å². The highest BCUT2D eigenvalue weighted by Crippen LogP contribution is 2.44. The summed E-state index contributed by atoms with van der Waals surface area (Å²) in [6.07, 6.45) is 0. The van der Waals surface area contributed by atoms with Crippen LogP contribution in [0.15, 0.2) is 243 Å². The third-order valence-corrected chi connectivity index (χ3v) is 15.9. The van der Waals surface area contributed by atoms with Gasteiger partial charge < -0.3 is 18.3 Å². The summed E-state index contributed by atoms with van der Waals surface area (Å²) in [7, 11) is 0. The molecule has 0 aliphatic heterocycles. The van der Waals surface area contributed by atoms with Crippen LogP contribution in [0, 0.1) is 0 Å². The second kappa shape index (κ2) is 14.8. The predicted molar refractivity (Wildman–Crippen MR) is 309 cm³/mol. The van der Waals surface area contributed by atoms with Crippen molar-refractivity contribution in [2.75, 3.05) is 0 Å². The Morgan fingerprint density at radius 2 is 0.432 bits per heavy atom. The van der Waals surface area contributed by atoms with Gasteiger partial charge >= 0.3 is 0 Å². The molecule has 12 aromatic carbocycles. The molecule has 0 aliphatic rings. The molecule has 5 heterocycles. The lowest BCUT2D eigenvalue weighted by atomic mass is 9.97. The van der Waals surface area contributed by atoms with Crippen molar-refractivity contribution in [3.63, 3.8) is 0 Å². The number of aromatic nitrogens is 6. The normalized spacial score (nSPS) is 12.3. The summed E-state index contributed by atoms with van der Waals surface area (Å²) in [5, 5.41) is 14.0. The van der Waals surface area contributed by atoms with E-state index >= 15 is 0 Å². The van der Waals surface area contributed by atoms with Crippen LogP contribution in [0.3, 0.4) is 0 Å². The molecule has 0 fully saturated rings. The smallest absolute Gasteiger partial charge is 0.116 e. The summed E-state index contributed by atoms with van der Waals surface area (Å²) in [5.74, 6) is 0. The van der Waals surface area contributed by atoms with E-state index < -0.39 is 0 Å². The summed E-state index contributed by atoms with van der Waals surface area (Å²) >= 11 is 0. The van der Waals surface area contributed by atoms with E-state index in [4.69, 9.17) is 9.97 Å². The number of hydrogen-bond acceptors (Lipinski definition) is 2. The molecule has 0 N–H and O–H groups in total. The van der Waals surface area contributed by atoms with Gasteiger partial charge in [-0.25, -0.2) is 9.97 Å². The quantitative estimate of drug-likeness (QED) is 0.130. The van der Waals surface area contributed by atoms with Crippen LogP contribution in [-0.2, 0) is 0 Å². The Hall–Kier alpha value is -10.0. The van der Waals surface area contributed by atoms with Gasteiger partial charge in [0.2, 0.25) is 0 Å². The summed E-state index contributed by atoms with van der Waals surface area (Å²) in [5.41, 5.74) is 16.7. The van der Waals surface area contributed by atoms with Gasteiger partial charge in [-0.05, 0) is 95.7 Å². The maximum atomic E-state index is 5.99. The van der Waals surface area contributed by atoms with Crippen LogP contribution < -0.4 is 0 Å². The first-order chi connectivity index (χ1) is 36.7. The molecule has 0 saturated heterocycles. The van der Waals surface area contributed by atoms with E-state index in [0.29, 0.717) is 0 Å². The summed E-state index contributed by atoms with van der Waals surface area (Å²) < 4.78 is 9.62. The van der Waals surface area contributed by atoms with Crippen molar-refractivity contribution in [3.8, 4) is 22.7 Å². The van der Waals surface area contributed by atoms with E-state index in [1.165, 1.54) is 65.2 Å². The molecule has 0 radical (unpaired) electrons. The standard InChI is InChI=1S/C68H40N6/c1-9-25-55-43(17-1)44-18-2-10-26-56(44)71(55)41-33-35-51-53(39-41)54-40-42(72-57-27-11-3-19-45(57)46-20-4-12-28-58(46)72)34-36-52(54)66-65(51)69-67-63(73-59-29-13-5-21-47(59)48-22-6-14-30-60(48)73)37-38-64(68(67)70-66)74-61-31-15-7-23-49(61)50-24-8-16-32-62(50)74/h1-40H.